The maximum Gasteiger partial charge on any atom is 0.330 e. The smallest absolute Gasteiger partial charge is 0.330 e. The molecule has 12 heteroatoms. The Kier molecular flexibility index (Phi) is 4.76. The van der Waals surface area contributed by atoms with Crippen molar-refractivity contribution in [2.45, 2.75) is 24.5 Å². The van der Waals surface area contributed by atoms with E-state index in [0.29, 0.717) is 0 Å². The van der Waals surface area contributed by atoms with Gasteiger partial charge in [0.05, 0.1) is 6.61 Å². The molecule has 118 valence electrons. The minimum absolute atomic E-state index is 0.605. The Hall–Kier alpha value is -0.910. The van der Waals surface area contributed by atoms with Crippen molar-refractivity contribution in [3.05, 3.63) is 33.1 Å². The summed E-state index contributed by atoms with van der Waals surface area (Å²) in [5.41, 5.74) is -1.47. The van der Waals surface area contributed by atoms with Crippen molar-refractivity contribution in [2.75, 3.05) is 6.61 Å². The van der Waals surface area contributed by atoms with Crippen LogP contribution in [0.5, 0.6) is 0 Å². The molecule has 2 rings (SSSR count). The molecule has 1 aromatic heterocycles. The van der Waals surface area contributed by atoms with E-state index in [1.807, 2.05) is 4.98 Å². The fourth-order valence-corrected chi connectivity index (χ4v) is 2.89. The minimum Gasteiger partial charge on any atom is -0.394 e. The molecule has 0 aliphatic carbocycles. The third-order valence-corrected chi connectivity index (χ3v) is 3.65. The largest absolute Gasteiger partial charge is 0.394 e. The van der Waals surface area contributed by atoms with Crippen LogP contribution in [0.2, 0.25) is 0 Å². The van der Waals surface area contributed by atoms with Gasteiger partial charge in [0.15, 0.2) is 6.23 Å². The van der Waals surface area contributed by atoms with E-state index in [-0.39, 0.29) is 0 Å². The molecule has 0 bridgehead atoms. The topological polar surface area (TPSA) is 154 Å². The summed E-state index contributed by atoms with van der Waals surface area (Å²) in [6.45, 7) is -4.71. The number of aliphatic hydroxyl groups excluding tert-OH is 2. The molecule has 5 N–H and O–H groups in total. The molecule has 0 radical (unpaired) electrons. The minimum atomic E-state index is -4.10. The van der Waals surface area contributed by atoms with Crippen LogP contribution in [0.3, 0.4) is 0 Å². The van der Waals surface area contributed by atoms with Gasteiger partial charge in [0.1, 0.15) is 18.3 Å². The van der Waals surface area contributed by atoms with Crippen LogP contribution < -0.4 is 11.2 Å². The van der Waals surface area contributed by atoms with Crippen molar-refractivity contribution < 1.29 is 29.3 Å². The van der Waals surface area contributed by atoms with Crippen molar-refractivity contribution in [3.63, 3.8) is 0 Å². The van der Waals surface area contributed by atoms with Gasteiger partial charge in [0.2, 0.25) is 0 Å². The Morgan fingerprint density at radius 1 is 1.48 bits per heavy atom. The van der Waals surface area contributed by atoms with Crippen molar-refractivity contribution in [3.8, 4) is 0 Å². The van der Waals surface area contributed by atoms with E-state index < -0.39 is 49.1 Å². The predicted octanol–water partition coefficient (Wildman–Crippen LogP) is -2.62. The molecule has 21 heavy (non-hydrogen) atoms. The van der Waals surface area contributed by atoms with Crippen LogP contribution in [0.4, 0.5) is 0 Å². The van der Waals surface area contributed by atoms with Crippen LogP contribution in [-0.2, 0) is 21.1 Å². The molecule has 1 fully saturated rings. The van der Waals surface area contributed by atoms with Gasteiger partial charge < -0.3 is 24.7 Å². The zero-order valence-corrected chi connectivity index (χ0v) is 12.1. The average Bonchev–Trinajstić information content (AvgIpc) is 2.65. The van der Waals surface area contributed by atoms with E-state index in [4.69, 9.17) is 19.0 Å². The molecular formula is C9H13N2O8PS. The molecule has 0 saturated carbocycles. The lowest BCUT2D eigenvalue weighted by atomic mass is 10.1. The molecule has 4 atom stereocenters. The van der Waals surface area contributed by atoms with E-state index in [9.17, 15) is 19.8 Å². The highest BCUT2D eigenvalue weighted by atomic mass is 32.5. The van der Waals surface area contributed by atoms with Crippen LogP contribution in [0.25, 0.3) is 0 Å². The molecule has 1 aliphatic rings. The van der Waals surface area contributed by atoms with E-state index in [1.54, 1.807) is 0 Å². The summed E-state index contributed by atoms with van der Waals surface area (Å²) in [5, 5.41) is 19.3. The lowest BCUT2D eigenvalue weighted by Gasteiger charge is -2.21. The summed E-state index contributed by atoms with van der Waals surface area (Å²) in [7, 11) is 0. The second-order valence-corrected chi connectivity index (χ2v) is 6.94. The maximum absolute atomic E-state index is 11.7. The van der Waals surface area contributed by atoms with Gasteiger partial charge in [0.25, 0.3) is 5.56 Å². The molecule has 1 aliphatic heterocycles. The quantitative estimate of drug-likeness (QED) is 0.371. The summed E-state index contributed by atoms with van der Waals surface area (Å²) >= 11 is 4.31. The summed E-state index contributed by atoms with van der Waals surface area (Å²) in [6, 6.07) is 1.04. The normalized spacial score (nSPS) is 29.7. The number of nitrogens with one attached hydrogen (secondary N) is 1. The van der Waals surface area contributed by atoms with Gasteiger partial charge in [-0.1, -0.05) is 0 Å². The Morgan fingerprint density at radius 3 is 2.67 bits per heavy atom. The fourth-order valence-electron chi connectivity index (χ4n) is 2.01. The highest BCUT2D eigenvalue weighted by molar-refractivity contribution is 8.06. The zero-order valence-electron chi connectivity index (χ0n) is 10.4. The molecular weight excluding hydrogens is 327 g/mol. The Morgan fingerprint density at radius 2 is 2.14 bits per heavy atom. The molecule has 4 unspecified atom stereocenters. The van der Waals surface area contributed by atoms with E-state index >= 15 is 0 Å². The number of hydrogen-bond donors (Lipinski definition) is 5. The van der Waals surface area contributed by atoms with Crippen LogP contribution in [0.1, 0.15) is 6.23 Å². The van der Waals surface area contributed by atoms with E-state index in [2.05, 4.69) is 11.8 Å². The second kappa shape index (κ2) is 6.07. The van der Waals surface area contributed by atoms with Gasteiger partial charge in [-0.25, -0.2) is 4.79 Å². The summed E-state index contributed by atoms with van der Waals surface area (Å²) in [5.74, 6) is 0. The first kappa shape index (κ1) is 16.5. The summed E-state index contributed by atoms with van der Waals surface area (Å²) in [6.07, 6.45) is -4.14. The number of nitrogens with zero attached hydrogens (tertiary/aromatic N) is 1. The number of rotatable bonds is 4. The molecule has 1 aromatic rings. The highest BCUT2D eigenvalue weighted by Gasteiger charge is 2.47. The number of aromatic nitrogens is 2. The van der Waals surface area contributed by atoms with Gasteiger partial charge >= 0.3 is 12.4 Å². The Bertz CT molecular complexity index is 668. The molecule has 0 amide bonds. The number of ether oxygens (including phenoxy) is 1. The first-order valence-electron chi connectivity index (χ1n) is 5.73. The highest BCUT2D eigenvalue weighted by Crippen LogP contribution is 2.43. The zero-order chi connectivity index (χ0) is 15.8. The third-order valence-electron chi connectivity index (χ3n) is 2.87. The molecule has 1 saturated heterocycles. The van der Waals surface area contributed by atoms with Gasteiger partial charge in [-0.15, -0.1) is 0 Å². The van der Waals surface area contributed by atoms with Gasteiger partial charge in [-0.05, 0) is 11.8 Å². The number of aromatic amines is 1. The fraction of sp³-hybridized carbons (Fsp3) is 0.556. The van der Waals surface area contributed by atoms with Crippen LogP contribution in [-0.4, -0.2) is 54.5 Å². The lowest BCUT2D eigenvalue weighted by molar-refractivity contribution is -0.0546. The first-order chi connectivity index (χ1) is 9.73. The Balaban J connectivity index is 2.33. The van der Waals surface area contributed by atoms with Crippen LogP contribution in [0, 0.1) is 0 Å². The number of hydrogen-bond acceptors (Lipinski definition) is 7. The standard InChI is InChI=1S/C9H13N2O8PS/c12-3-4-7(19-20(16,17)21)6(14)8(18-4)11-2-1-5(13)10-9(11)15/h1-2,4,6-8,12,14H,3H2,(H,10,13,15)(H2,16,17,21). The SMILES string of the molecule is O=c1ccn(C2OC(CO)C(OP(O)(O)=S)C2O)c(=O)[nH]1. The number of aliphatic hydroxyl groups is 2. The van der Waals surface area contributed by atoms with E-state index in [0.717, 1.165) is 16.8 Å². The van der Waals surface area contributed by atoms with Gasteiger partial charge in [0, 0.05) is 12.3 Å². The maximum atomic E-state index is 11.7. The predicted molar refractivity (Wildman–Crippen MR) is 71.9 cm³/mol. The molecule has 2 heterocycles. The van der Waals surface area contributed by atoms with Crippen LogP contribution >= 0.6 is 6.72 Å². The monoisotopic (exact) mass is 340 g/mol. The summed E-state index contributed by atoms with van der Waals surface area (Å²) < 4.78 is 10.9. The van der Waals surface area contributed by atoms with Crippen molar-refractivity contribution in [1.29, 1.82) is 0 Å². The second-order valence-electron chi connectivity index (χ2n) is 4.32. The van der Waals surface area contributed by atoms with Gasteiger partial charge in [-0.3, -0.25) is 18.9 Å². The van der Waals surface area contributed by atoms with Crippen LogP contribution in [0.15, 0.2) is 21.9 Å². The first-order valence-corrected chi connectivity index (χ1v) is 8.35. The summed E-state index contributed by atoms with van der Waals surface area (Å²) in [4.78, 5) is 42.9. The third kappa shape index (κ3) is 3.65. The number of H-pyrrole nitrogens is 1. The lowest BCUT2D eigenvalue weighted by Crippen LogP contribution is -2.38. The van der Waals surface area contributed by atoms with Crippen molar-refractivity contribution in [2.24, 2.45) is 0 Å². The van der Waals surface area contributed by atoms with Crippen molar-refractivity contribution >= 4 is 18.5 Å². The Labute approximate surface area is 122 Å². The van der Waals surface area contributed by atoms with Gasteiger partial charge in [-0.2, -0.15) is 0 Å². The average molecular weight is 340 g/mol. The molecule has 0 aromatic carbocycles. The molecule has 0 spiro atoms. The van der Waals surface area contributed by atoms with Crippen molar-refractivity contribution in [1.82, 2.24) is 9.55 Å². The van der Waals surface area contributed by atoms with E-state index in [1.165, 1.54) is 0 Å². The molecule has 10 nitrogen and oxygen atoms in total.